The van der Waals surface area contributed by atoms with E-state index < -0.39 is 50.8 Å². The number of nitrogens with two attached hydrogens (primary N) is 2. The molecule has 1 aliphatic rings. The van der Waals surface area contributed by atoms with Crippen molar-refractivity contribution in [3.05, 3.63) is 47.9 Å². The molecule has 14 heteroatoms. The monoisotopic (exact) mass is 442 g/mol. The number of aromatic nitrogens is 2. The number of benzene rings is 1. The van der Waals surface area contributed by atoms with Crippen LogP contribution in [0.3, 0.4) is 0 Å². The summed E-state index contributed by atoms with van der Waals surface area (Å²) in [4.78, 5) is 45.5. The molecule has 3 rings (SSSR count). The number of imidazole rings is 1. The summed E-state index contributed by atoms with van der Waals surface area (Å²) in [6.07, 6.45) is -4.40. The number of anilines is 1. The van der Waals surface area contributed by atoms with Gasteiger partial charge in [-0.3, -0.25) is 13.9 Å². The lowest BCUT2D eigenvalue weighted by Crippen LogP contribution is -2.37. The molecular formula is C16H19N4O9P. The minimum atomic E-state index is -4.85. The lowest BCUT2D eigenvalue weighted by Gasteiger charge is -2.22. The fourth-order valence-corrected chi connectivity index (χ4v) is 3.25. The van der Waals surface area contributed by atoms with Crippen LogP contribution in [0.4, 0.5) is 5.82 Å². The Morgan fingerprint density at radius 1 is 1.27 bits per heavy atom. The average molecular weight is 442 g/mol. The Labute approximate surface area is 169 Å². The van der Waals surface area contributed by atoms with Crippen LogP contribution in [0.5, 0.6) is 0 Å². The van der Waals surface area contributed by atoms with Crippen molar-refractivity contribution >= 4 is 25.5 Å². The van der Waals surface area contributed by atoms with E-state index in [1.54, 1.807) is 18.2 Å². The number of carbonyl (C=O) groups is 2. The summed E-state index contributed by atoms with van der Waals surface area (Å²) in [5, 5.41) is 10.6. The van der Waals surface area contributed by atoms with E-state index >= 15 is 0 Å². The van der Waals surface area contributed by atoms with E-state index in [-0.39, 0.29) is 17.1 Å². The molecule has 1 aliphatic heterocycles. The highest BCUT2D eigenvalue weighted by Gasteiger charge is 2.48. The predicted octanol–water partition coefficient (Wildman–Crippen LogP) is -0.843. The molecule has 1 aromatic carbocycles. The van der Waals surface area contributed by atoms with E-state index in [9.17, 15) is 19.3 Å². The van der Waals surface area contributed by atoms with Gasteiger partial charge in [0.2, 0.25) is 0 Å². The number of carbonyl (C=O) groups excluding carboxylic acids is 2. The van der Waals surface area contributed by atoms with Gasteiger partial charge < -0.3 is 35.8 Å². The molecular weight excluding hydrogens is 423 g/mol. The zero-order chi connectivity index (χ0) is 22.1. The number of aliphatic hydroxyl groups excluding tert-OH is 1. The number of esters is 1. The van der Waals surface area contributed by atoms with Gasteiger partial charge in [0.15, 0.2) is 18.0 Å². The first kappa shape index (κ1) is 21.9. The standard InChI is InChI=1S/C16H19N4O9P/c17-13-10(14(18)22)19-7-20(13)15-12(29-16(23)8-4-2-1-3-5-8)11(21)9(28-15)6-27-30(24,25)26/h1-5,7,9,11-12,15,21H,6,17H2,(H2,18,22)(H2,24,25,26)/t9-,11-,12-,15-/m1/s1. The molecule has 1 fully saturated rings. The molecule has 0 bridgehead atoms. The second-order valence-electron chi connectivity index (χ2n) is 6.33. The quantitative estimate of drug-likeness (QED) is 0.263. The second-order valence-corrected chi connectivity index (χ2v) is 7.57. The summed E-state index contributed by atoms with van der Waals surface area (Å²) in [6.45, 7) is -0.710. The summed E-state index contributed by atoms with van der Waals surface area (Å²) in [6, 6.07) is 7.90. The number of nitrogens with zero attached hydrogens (tertiary/aromatic N) is 2. The molecule has 13 nitrogen and oxygen atoms in total. The van der Waals surface area contributed by atoms with Crippen molar-refractivity contribution in [3.8, 4) is 0 Å². The van der Waals surface area contributed by atoms with Gasteiger partial charge in [0.25, 0.3) is 5.91 Å². The van der Waals surface area contributed by atoms with Crippen LogP contribution in [0.1, 0.15) is 27.1 Å². The fraction of sp³-hybridized carbons (Fsp3) is 0.312. The number of aliphatic hydroxyl groups is 1. The maximum Gasteiger partial charge on any atom is 0.469 e. The number of amides is 1. The van der Waals surface area contributed by atoms with Gasteiger partial charge in [0, 0.05) is 0 Å². The minimum absolute atomic E-state index is 0.190. The van der Waals surface area contributed by atoms with Crippen molar-refractivity contribution in [3.63, 3.8) is 0 Å². The third-order valence-corrected chi connectivity index (χ3v) is 4.80. The number of hydrogen-bond donors (Lipinski definition) is 5. The average Bonchev–Trinajstić information content (AvgIpc) is 3.21. The van der Waals surface area contributed by atoms with Gasteiger partial charge in [-0.15, -0.1) is 0 Å². The molecule has 0 saturated carbocycles. The third-order valence-electron chi connectivity index (χ3n) is 4.31. The van der Waals surface area contributed by atoms with Crippen LogP contribution in [0.15, 0.2) is 36.7 Å². The van der Waals surface area contributed by atoms with Gasteiger partial charge >= 0.3 is 13.8 Å². The zero-order valence-electron chi connectivity index (χ0n) is 15.3. The smallest absolute Gasteiger partial charge is 0.451 e. The number of phosphoric acid groups is 1. The number of hydrogen-bond acceptors (Lipinski definition) is 9. The summed E-state index contributed by atoms with van der Waals surface area (Å²) in [7, 11) is -4.85. The maximum atomic E-state index is 12.5. The number of primary amides is 1. The van der Waals surface area contributed by atoms with Gasteiger partial charge in [0.1, 0.15) is 18.0 Å². The molecule has 1 saturated heterocycles. The van der Waals surface area contributed by atoms with Crippen LogP contribution in [-0.2, 0) is 18.6 Å². The number of rotatable bonds is 7. The van der Waals surface area contributed by atoms with Crippen molar-refractivity contribution in [2.45, 2.75) is 24.5 Å². The lowest BCUT2D eigenvalue weighted by atomic mass is 10.1. The third kappa shape index (κ3) is 4.67. The van der Waals surface area contributed by atoms with E-state index in [1.807, 2.05) is 0 Å². The Morgan fingerprint density at radius 3 is 2.50 bits per heavy atom. The summed E-state index contributed by atoms with van der Waals surface area (Å²) in [5.41, 5.74) is 11.0. The molecule has 2 heterocycles. The Kier molecular flexibility index (Phi) is 6.22. The largest absolute Gasteiger partial charge is 0.469 e. The molecule has 4 atom stereocenters. The Morgan fingerprint density at radius 2 is 1.93 bits per heavy atom. The zero-order valence-corrected chi connectivity index (χ0v) is 16.2. The topological polar surface area (TPSA) is 209 Å². The highest BCUT2D eigenvalue weighted by Crippen LogP contribution is 2.39. The molecule has 7 N–H and O–H groups in total. The number of phosphoric ester groups is 1. The van der Waals surface area contributed by atoms with Gasteiger partial charge in [-0.1, -0.05) is 18.2 Å². The van der Waals surface area contributed by atoms with Gasteiger partial charge in [-0.05, 0) is 12.1 Å². The van der Waals surface area contributed by atoms with Crippen LogP contribution in [0, 0.1) is 0 Å². The molecule has 0 spiro atoms. The van der Waals surface area contributed by atoms with Gasteiger partial charge in [0.05, 0.1) is 18.5 Å². The molecule has 0 aliphatic carbocycles. The molecule has 30 heavy (non-hydrogen) atoms. The fourth-order valence-electron chi connectivity index (χ4n) is 2.91. The molecule has 2 aromatic rings. The van der Waals surface area contributed by atoms with Crippen molar-refractivity contribution < 1.29 is 43.0 Å². The summed E-state index contributed by atoms with van der Waals surface area (Å²) < 4.78 is 27.4. The summed E-state index contributed by atoms with van der Waals surface area (Å²) in [5.74, 6) is -1.92. The number of ether oxygens (including phenoxy) is 2. The Hall–Kier alpha value is -2.80. The molecule has 162 valence electrons. The SMILES string of the molecule is NC(=O)c1ncn([C@@H]2O[C@H](COP(=O)(O)O)[C@@H](O)[C@H]2OC(=O)c2ccccc2)c1N. The first-order valence-corrected chi connectivity index (χ1v) is 10.0. The van der Waals surface area contributed by atoms with Gasteiger partial charge in [-0.25, -0.2) is 14.3 Å². The van der Waals surface area contributed by atoms with E-state index in [0.29, 0.717) is 0 Å². The van der Waals surface area contributed by atoms with E-state index in [4.69, 9.17) is 30.7 Å². The van der Waals surface area contributed by atoms with Crippen molar-refractivity contribution in [2.24, 2.45) is 5.73 Å². The minimum Gasteiger partial charge on any atom is -0.451 e. The van der Waals surface area contributed by atoms with E-state index in [2.05, 4.69) is 9.51 Å². The van der Waals surface area contributed by atoms with Crippen LogP contribution < -0.4 is 11.5 Å². The molecule has 0 radical (unpaired) electrons. The Balaban J connectivity index is 1.89. The predicted molar refractivity (Wildman–Crippen MR) is 98.7 cm³/mol. The van der Waals surface area contributed by atoms with Crippen LogP contribution in [0.25, 0.3) is 0 Å². The van der Waals surface area contributed by atoms with E-state index in [1.165, 1.54) is 12.1 Å². The van der Waals surface area contributed by atoms with Crippen LogP contribution >= 0.6 is 7.82 Å². The Bertz CT molecular complexity index is 976. The van der Waals surface area contributed by atoms with Crippen LogP contribution in [0.2, 0.25) is 0 Å². The second kappa shape index (κ2) is 8.52. The van der Waals surface area contributed by atoms with E-state index in [0.717, 1.165) is 10.9 Å². The summed E-state index contributed by atoms with van der Waals surface area (Å²) >= 11 is 0. The van der Waals surface area contributed by atoms with Crippen LogP contribution in [-0.4, -0.2) is 61.2 Å². The number of nitrogen functional groups attached to an aromatic ring is 1. The molecule has 1 aromatic heterocycles. The van der Waals surface area contributed by atoms with Gasteiger partial charge in [-0.2, -0.15) is 0 Å². The highest BCUT2D eigenvalue weighted by atomic mass is 31.2. The lowest BCUT2D eigenvalue weighted by molar-refractivity contribution is -0.0565. The van der Waals surface area contributed by atoms with Crippen molar-refractivity contribution in [2.75, 3.05) is 12.3 Å². The first-order chi connectivity index (χ1) is 14.1. The first-order valence-electron chi connectivity index (χ1n) is 8.50. The normalized spacial score (nSPS) is 24.0. The molecule has 0 unspecified atom stereocenters. The maximum absolute atomic E-state index is 12.5. The highest BCUT2D eigenvalue weighted by molar-refractivity contribution is 7.46. The van der Waals surface area contributed by atoms with Crippen molar-refractivity contribution in [1.29, 1.82) is 0 Å². The van der Waals surface area contributed by atoms with Crippen molar-refractivity contribution in [1.82, 2.24) is 9.55 Å². The molecule has 1 amide bonds.